The van der Waals surface area contributed by atoms with Gasteiger partial charge in [0.1, 0.15) is 12.6 Å². The number of fused-ring (bicyclic) bond motifs is 1. The quantitative estimate of drug-likeness (QED) is 0.751. The monoisotopic (exact) mass is 381 g/mol. The van der Waals surface area contributed by atoms with Crippen molar-refractivity contribution in [3.05, 3.63) is 65.7 Å². The van der Waals surface area contributed by atoms with Gasteiger partial charge in [-0.3, -0.25) is 9.59 Å². The Labute approximate surface area is 163 Å². The molecule has 1 heterocycles. The van der Waals surface area contributed by atoms with Gasteiger partial charge in [-0.2, -0.15) is 0 Å². The number of ether oxygens (including phenoxy) is 1. The first-order chi connectivity index (χ1) is 13.6. The zero-order valence-electron chi connectivity index (χ0n) is 15.7. The van der Waals surface area contributed by atoms with Crippen LogP contribution in [0, 0.1) is 0 Å². The highest BCUT2D eigenvalue weighted by Gasteiger charge is 2.32. The van der Waals surface area contributed by atoms with E-state index in [1.807, 2.05) is 42.5 Å². The number of carbonyl (C=O) groups excluding carboxylic acids is 3. The van der Waals surface area contributed by atoms with Crippen molar-refractivity contribution in [3.63, 3.8) is 0 Å². The van der Waals surface area contributed by atoms with Gasteiger partial charge >= 0.3 is 12.0 Å². The lowest BCUT2D eigenvalue weighted by Gasteiger charge is -2.25. The molecule has 146 valence electrons. The summed E-state index contributed by atoms with van der Waals surface area (Å²) < 4.78 is 4.79. The van der Waals surface area contributed by atoms with Gasteiger partial charge in [-0.15, -0.1) is 0 Å². The van der Waals surface area contributed by atoms with Crippen LogP contribution in [-0.4, -0.2) is 37.6 Å². The first-order valence-electron chi connectivity index (χ1n) is 9.24. The van der Waals surface area contributed by atoms with Crippen molar-refractivity contribution >= 4 is 23.6 Å². The van der Waals surface area contributed by atoms with Gasteiger partial charge in [-0.05, 0) is 30.5 Å². The Balaban J connectivity index is 1.76. The number of anilines is 1. The molecule has 3 rings (SSSR count). The number of rotatable bonds is 6. The Hall–Kier alpha value is -3.35. The number of urea groups is 1. The molecule has 3 amide bonds. The zero-order chi connectivity index (χ0) is 19.9. The van der Waals surface area contributed by atoms with Gasteiger partial charge in [0.15, 0.2) is 0 Å². The van der Waals surface area contributed by atoms with Crippen LogP contribution in [0.15, 0.2) is 54.6 Å². The minimum atomic E-state index is -0.866. The second-order valence-electron chi connectivity index (χ2n) is 6.34. The topological polar surface area (TPSA) is 87.7 Å². The van der Waals surface area contributed by atoms with Gasteiger partial charge in [0.2, 0.25) is 0 Å². The van der Waals surface area contributed by atoms with Gasteiger partial charge < -0.3 is 20.3 Å². The average molecular weight is 381 g/mol. The third-order valence-corrected chi connectivity index (χ3v) is 4.51. The molecule has 1 unspecified atom stereocenters. The van der Waals surface area contributed by atoms with Crippen LogP contribution in [0.4, 0.5) is 10.5 Å². The molecule has 7 heteroatoms. The number of hydrogen-bond acceptors (Lipinski definition) is 4. The maximum absolute atomic E-state index is 13.3. The van der Waals surface area contributed by atoms with E-state index in [4.69, 9.17) is 4.74 Å². The van der Waals surface area contributed by atoms with Crippen molar-refractivity contribution < 1.29 is 19.1 Å². The fraction of sp³-hybridized carbons (Fsp3) is 0.286. The number of amides is 3. The van der Waals surface area contributed by atoms with Crippen LogP contribution in [0.3, 0.4) is 0 Å². The third-order valence-electron chi connectivity index (χ3n) is 4.51. The fourth-order valence-electron chi connectivity index (χ4n) is 3.20. The summed E-state index contributed by atoms with van der Waals surface area (Å²) in [4.78, 5) is 38.7. The van der Waals surface area contributed by atoms with E-state index in [2.05, 4.69) is 10.6 Å². The second-order valence-corrected chi connectivity index (χ2v) is 6.34. The van der Waals surface area contributed by atoms with Gasteiger partial charge in [0.25, 0.3) is 5.91 Å². The van der Waals surface area contributed by atoms with Gasteiger partial charge in [-0.25, -0.2) is 4.79 Å². The maximum Gasteiger partial charge on any atom is 0.325 e. The molecule has 0 saturated carbocycles. The second kappa shape index (κ2) is 9.03. The van der Waals surface area contributed by atoms with E-state index in [0.29, 0.717) is 12.1 Å². The molecule has 2 aromatic rings. The standard InChI is InChI=1S/C21H23N3O4/c1-2-28-18(25)14-22-21(27)23-19(16-9-4-3-5-10-16)20(26)24-13-12-15-8-6-7-11-17(15)24/h3-11,19H,2,12-14H2,1H3,(H2,22,23,27). The highest BCUT2D eigenvalue weighted by atomic mass is 16.5. The molecule has 2 N–H and O–H groups in total. The van der Waals surface area contributed by atoms with Crippen LogP contribution >= 0.6 is 0 Å². The van der Waals surface area contributed by atoms with Crippen LogP contribution in [0.2, 0.25) is 0 Å². The molecule has 0 spiro atoms. The molecule has 1 aliphatic heterocycles. The van der Waals surface area contributed by atoms with Crippen molar-refractivity contribution in [2.45, 2.75) is 19.4 Å². The van der Waals surface area contributed by atoms with Crippen molar-refractivity contribution in [3.8, 4) is 0 Å². The molecule has 0 saturated heterocycles. The Morgan fingerprint density at radius 2 is 1.79 bits per heavy atom. The van der Waals surface area contributed by atoms with Gasteiger partial charge in [0.05, 0.1) is 6.61 Å². The maximum atomic E-state index is 13.3. The Kier molecular flexibility index (Phi) is 6.26. The fourth-order valence-corrected chi connectivity index (χ4v) is 3.20. The van der Waals surface area contributed by atoms with Crippen molar-refractivity contribution in [1.29, 1.82) is 0 Å². The van der Waals surface area contributed by atoms with Crippen LogP contribution in [-0.2, 0) is 20.7 Å². The molecular weight excluding hydrogens is 358 g/mol. The molecule has 0 aromatic heterocycles. The summed E-state index contributed by atoms with van der Waals surface area (Å²) in [5.74, 6) is -0.754. The minimum Gasteiger partial charge on any atom is -0.465 e. The first-order valence-corrected chi connectivity index (χ1v) is 9.24. The summed E-state index contributed by atoms with van der Waals surface area (Å²) in [5.41, 5.74) is 2.64. The lowest BCUT2D eigenvalue weighted by molar-refractivity contribution is -0.141. The number of benzene rings is 2. The van der Waals surface area contributed by atoms with Gasteiger partial charge in [-0.1, -0.05) is 48.5 Å². The summed E-state index contributed by atoms with van der Waals surface area (Å²) in [6.07, 6.45) is 0.776. The van der Waals surface area contributed by atoms with Crippen molar-refractivity contribution in [1.82, 2.24) is 10.6 Å². The normalized spacial score (nSPS) is 13.4. The molecule has 1 aliphatic rings. The number of hydrogen-bond donors (Lipinski definition) is 2. The van der Waals surface area contributed by atoms with E-state index in [1.165, 1.54) is 0 Å². The van der Waals surface area contributed by atoms with E-state index in [9.17, 15) is 14.4 Å². The van der Waals surface area contributed by atoms with Crippen LogP contribution in [0.1, 0.15) is 24.1 Å². The molecule has 7 nitrogen and oxygen atoms in total. The Morgan fingerprint density at radius 3 is 2.54 bits per heavy atom. The summed E-state index contributed by atoms with van der Waals surface area (Å²) in [6.45, 7) is 2.23. The number of esters is 1. The lowest BCUT2D eigenvalue weighted by Crippen LogP contribution is -2.47. The lowest BCUT2D eigenvalue weighted by atomic mass is 10.1. The molecule has 28 heavy (non-hydrogen) atoms. The zero-order valence-corrected chi connectivity index (χ0v) is 15.7. The third kappa shape index (κ3) is 4.49. The minimum absolute atomic E-state index is 0.220. The molecule has 0 bridgehead atoms. The first kappa shape index (κ1) is 19.4. The Bertz CT molecular complexity index is 854. The summed E-state index contributed by atoms with van der Waals surface area (Å²) in [5, 5.41) is 5.13. The van der Waals surface area contributed by atoms with E-state index in [0.717, 1.165) is 17.7 Å². The number of nitrogens with one attached hydrogen (secondary N) is 2. The summed E-state index contributed by atoms with van der Waals surface area (Å²) in [6, 6.07) is 15.3. The molecule has 0 aliphatic carbocycles. The number of para-hydroxylation sites is 1. The highest BCUT2D eigenvalue weighted by Crippen LogP contribution is 2.30. The molecule has 2 aromatic carbocycles. The predicted molar refractivity (Wildman–Crippen MR) is 105 cm³/mol. The van der Waals surface area contributed by atoms with E-state index >= 15 is 0 Å². The van der Waals surface area contributed by atoms with E-state index in [1.54, 1.807) is 24.0 Å². The summed E-state index contributed by atoms with van der Waals surface area (Å²) in [7, 11) is 0. The SMILES string of the molecule is CCOC(=O)CNC(=O)NC(C(=O)N1CCc2ccccc21)c1ccccc1. The van der Waals surface area contributed by atoms with Gasteiger partial charge in [0, 0.05) is 12.2 Å². The van der Waals surface area contributed by atoms with Crippen molar-refractivity contribution in [2.75, 3.05) is 24.6 Å². The molecule has 0 radical (unpaired) electrons. The number of nitrogens with zero attached hydrogens (tertiary/aromatic N) is 1. The number of carbonyl (C=O) groups is 3. The predicted octanol–water partition coefficient (Wildman–Crippen LogP) is 2.18. The van der Waals surface area contributed by atoms with E-state index in [-0.39, 0.29) is 19.1 Å². The van der Waals surface area contributed by atoms with Crippen LogP contribution in [0.25, 0.3) is 0 Å². The van der Waals surface area contributed by atoms with Crippen molar-refractivity contribution in [2.24, 2.45) is 0 Å². The molecule has 0 fully saturated rings. The van der Waals surface area contributed by atoms with Crippen LogP contribution in [0.5, 0.6) is 0 Å². The highest BCUT2D eigenvalue weighted by molar-refractivity contribution is 6.01. The largest absolute Gasteiger partial charge is 0.465 e. The average Bonchev–Trinajstić information content (AvgIpc) is 3.15. The summed E-state index contributed by atoms with van der Waals surface area (Å²) >= 11 is 0. The molecular formula is C21H23N3O4. The smallest absolute Gasteiger partial charge is 0.325 e. The Morgan fingerprint density at radius 1 is 1.07 bits per heavy atom. The molecule has 1 atom stereocenters. The van der Waals surface area contributed by atoms with E-state index < -0.39 is 18.0 Å². The van der Waals surface area contributed by atoms with Crippen LogP contribution < -0.4 is 15.5 Å².